The highest BCUT2D eigenvalue weighted by molar-refractivity contribution is 9.10. The zero-order valence-electron chi connectivity index (χ0n) is 17.1. The highest BCUT2D eigenvalue weighted by Crippen LogP contribution is 2.31. The molecule has 3 rings (SSSR count). The third kappa shape index (κ3) is 4.73. The molecule has 0 radical (unpaired) electrons. The molecule has 2 aromatic rings. The van der Waals surface area contributed by atoms with Crippen LogP contribution in [0.4, 0.5) is 4.79 Å². The molecule has 0 spiro atoms. The first kappa shape index (κ1) is 20.8. The van der Waals surface area contributed by atoms with Crippen molar-refractivity contribution in [1.29, 1.82) is 0 Å². The van der Waals surface area contributed by atoms with Crippen molar-refractivity contribution < 1.29 is 14.3 Å². The number of nitrogens with zero attached hydrogens (tertiary/aromatic N) is 2. The molecule has 0 aliphatic carbocycles. The lowest BCUT2D eigenvalue weighted by atomic mass is 9.95. The topological polar surface area (TPSA) is 51.7 Å². The molecule has 1 aliphatic rings. The van der Waals surface area contributed by atoms with Gasteiger partial charge in [0.1, 0.15) is 5.60 Å². The summed E-state index contributed by atoms with van der Waals surface area (Å²) in [7, 11) is 1.68. The second kappa shape index (κ2) is 8.21. The zero-order valence-corrected chi connectivity index (χ0v) is 18.7. The van der Waals surface area contributed by atoms with Crippen LogP contribution in [-0.4, -0.2) is 35.2 Å². The molecule has 1 atom stereocenters. The van der Waals surface area contributed by atoms with Crippen LogP contribution in [-0.2, 0) is 22.4 Å². The molecule has 0 N–H and O–H groups in total. The van der Waals surface area contributed by atoms with E-state index in [2.05, 4.69) is 45.2 Å². The maximum atomic E-state index is 12.3. The summed E-state index contributed by atoms with van der Waals surface area (Å²) >= 11 is 3.61. The number of carbonyl (C=O) groups is 1. The maximum Gasteiger partial charge on any atom is 0.410 e. The number of amides is 1. The summed E-state index contributed by atoms with van der Waals surface area (Å²) in [6.07, 6.45) is 2.38. The minimum atomic E-state index is -0.478. The Morgan fingerprint density at radius 2 is 1.96 bits per heavy atom. The molecule has 6 heteroatoms. The van der Waals surface area contributed by atoms with Gasteiger partial charge >= 0.3 is 6.09 Å². The van der Waals surface area contributed by atoms with Gasteiger partial charge in [0.25, 0.3) is 0 Å². The number of hydrogen-bond acceptors (Lipinski definition) is 4. The molecule has 0 saturated heterocycles. The van der Waals surface area contributed by atoms with Crippen LogP contribution < -0.4 is 0 Å². The molecule has 0 saturated carbocycles. The van der Waals surface area contributed by atoms with Gasteiger partial charge in [0.2, 0.25) is 0 Å². The van der Waals surface area contributed by atoms with Gasteiger partial charge in [-0.25, -0.2) is 4.79 Å². The van der Waals surface area contributed by atoms with E-state index in [9.17, 15) is 4.79 Å². The van der Waals surface area contributed by atoms with Crippen molar-refractivity contribution in [2.24, 2.45) is 0 Å². The first-order valence-corrected chi connectivity index (χ1v) is 10.3. The van der Waals surface area contributed by atoms with Gasteiger partial charge in [-0.2, -0.15) is 0 Å². The quantitative estimate of drug-likeness (QED) is 0.623. The van der Waals surface area contributed by atoms with Gasteiger partial charge in [0.05, 0.1) is 11.8 Å². The third-order valence-electron chi connectivity index (χ3n) is 4.81. The van der Waals surface area contributed by atoms with E-state index in [0.717, 1.165) is 33.3 Å². The van der Waals surface area contributed by atoms with E-state index in [1.807, 2.05) is 33.9 Å². The first-order valence-electron chi connectivity index (χ1n) is 9.46. The van der Waals surface area contributed by atoms with Gasteiger partial charge < -0.3 is 14.4 Å². The van der Waals surface area contributed by atoms with Crippen molar-refractivity contribution in [3.8, 4) is 11.1 Å². The maximum absolute atomic E-state index is 12.3. The number of carbonyl (C=O) groups excluding carboxylic acids is 1. The van der Waals surface area contributed by atoms with E-state index < -0.39 is 5.60 Å². The second-order valence-corrected chi connectivity index (χ2v) is 8.96. The number of ether oxygens (including phenoxy) is 2. The number of pyridine rings is 1. The molecule has 1 aromatic heterocycles. The van der Waals surface area contributed by atoms with Gasteiger partial charge in [0.15, 0.2) is 0 Å². The normalized spacial score (nSPS) is 15.1. The van der Waals surface area contributed by atoms with Gasteiger partial charge in [-0.3, -0.25) is 4.98 Å². The average Bonchev–Trinajstić information content (AvgIpc) is 2.65. The molecule has 0 fully saturated rings. The largest absolute Gasteiger partial charge is 0.444 e. The molecule has 2 heterocycles. The van der Waals surface area contributed by atoms with Crippen molar-refractivity contribution in [1.82, 2.24) is 9.88 Å². The summed E-state index contributed by atoms with van der Waals surface area (Å²) in [6.45, 7) is 8.89. The van der Waals surface area contributed by atoms with Crippen LogP contribution in [0.5, 0.6) is 0 Å². The van der Waals surface area contributed by atoms with E-state index in [4.69, 9.17) is 9.47 Å². The molecule has 5 nitrogen and oxygen atoms in total. The van der Waals surface area contributed by atoms with Crippen molar-refractivity contribution >= 4 is 22.0 Å². The van der Waals surface area contributed by atoms with E-state index in [1.54, 1.807) is 12.0 Å². The fraction of sp³-hybridized carbons (Fsp3) is 0.455. The molecule has 1 amide bonds. The minimum Gasteiger partial charge on any atom is -0.444 e. The van der Waals surface area contributed by atoms with Crippen LogP contribution >= 0.6 is 15.9 Å². The smallest absolute Gasteiger partial charge is 0.410 e. The van der Waals surface area contributed by atoms with Crippen LogP contribution in [0.1, 0.15) is 50.6 Å². The van der Waals surface area contributed by atoms with Gasteiger partial charge in [-0.1, -0.05) is 18.2 Å². The Bertz CT molecular complexity index is 877. The Labute approximate surface area is 175 Å². The van der Waals surface area contributed by atoms with Crippen molar-refractivity contribution in [2.75, 3.05) is 13.7 Å². The molecule has 28 heavy (non-hydrogen) atoms. The predicted molar refractivity (Wildman–Crippen MR) is 113 cm³/mol. The van der Waals surface area contributed by atoms with Crippen LogP contribution in [0.15, 0.2) is 34.9 Å². The monoisotopic (exact) mass is 446 g/mol. The molecule has 150 valence electrons. The highest BCUT2D eigenvalue weighted by Gasteiger charge is 2.26. The molecule has 1 aliphatic heterocycles. The summed E-state index contributed by atoms with van der Waals surface area (Å²) in [5.74, 6) is 0. The zero-order chi connectivity index (χ0) is 20.5. The Balaban J connectivity index is 1.79. The standard InChI is InChI=1S/C22H27BrN2O3/c1-14(27-5)20-19(23)11-18(12-24-20)15-6-7-17-13-25(9-8-16(17)10-15)21(26)28-22(2,3)4/h6-7,10-12,14H,8-9,13H2,1-5H3/t14-/m0/s1. The van der Waals surface area contributed by atoms with Gasteiger partial charge in [0, 0.05) is 36.4 Å². The average molecular weight is 447 g/mol. The van der Waals surface area contributed by atoms with E-state index in [-0.39, 0.29) is 12.2 Å². The third-order valence-corrected chi connectivity index (χ3v) is 5.45. The van der Waals surface area contributed by atoms with Crippen LogP contribution in [0.2, 0.25) is 0 Å². The number of fused-ring (bicyclic) bond motifs is 1. The molecule has 1 aromatic carbocycles. The molecule has 0 bridgehead atoms. The van der Waals surface area contributed by atoms with Crippen molar-refractivity contribution in [3.05, 3.63) is 51.8 Å². The van der Waals surface area contributed by atoms with Crippen LogP contribution in [0, 0.1) is 0 Å². The minimum absolute atomic E-state index is 0.0641. The lowest BCUT2D eigenvalue weighted by Gasteiger charge is -2.31. The van der Waals surface area contributed by atoms with E-state index in [1.165, 1.54) is 5.56 Å². The molecular formula is C22H27BrN2O3. The Hall–Kier alpha value is -1.92. The van der Waals surface area contributed by atoms with Crippen LogP contribution in [0.25, 0.3) is 11.1 Å². The van der Waals surface area contributed by atoms with Crippen LogP contribution in [0.3, 0.4) is 0 Å². The predicted octanol–water partition coefficient (Wildman–Crippen LogP) is 5.51. The number of rotatable bonds is 3. The van der Waals surface area contributed by atoms with E-state index >= 15 is 0 Å². The van der Waals surface area contributed by atoms with Crippen molar-refractivity contribution in [3.63, 3.8) is 0 Å². The summed E-state index contributed by atoms with van der Waals surface area (Å²) in [5.41, 5.74) is 5.01. The summed E-state index contributed by atoms with van der Waals surface area (Å²) in [5, 5.41) is 0. The Morgan fingerprint density at radius 3 is 2.61 bits per heavy atom. The second-order valence-electron chi connectivity index (χ2n) is 8.10. The Morgan fingerprint density at radius 1 is 1.21 bits per heavy atom. The number of methoxy groups -OCH3 is 1. The van der Waals surface area contributed by atoms with Gasteiger partial charge in [-0.15, -0.1) is 0 Å². The Kier molecular flexibility index (Phi) is 6.10. The summed E-state index contributed by atoms with van der Waals surface area (Å²) in [4.78, 5) is 18.7. The molecular weight excluding hydrogens is 420 g/mol. The number of aromatic nitrogens is 1. The SMILES string of the molecule is CO[C@@H](C)c1ncc(-c2ccc3c(c2)CCN(C(=O)OC(C)(C)C)C3)cc1Br. The number of benzene rings is 1. The number of halogens is 1. The van der Waals surface area contributed by atoms with Crippen molar-refractivity contribution in [2.45, 2.75) is 52.4 Å². The molecule has 0 unspecified atom stereocenters. The lowest BCUT2D eigenvalue weighted by molar-refractivity contribution is 0.0224. The number of hydrogen-bond donors (Lipinski definition) is 0. The van der Waals surface area contributed by atoms with E-state index in [0.29, 0.717) is 13.1 Å². The first-order chi connectivity index (χ1) is 13.2. The lowest BCUT2D eigenvalue weighted by Crippen LogP contribution is -2.39. The fourth-order valence-corrected chi connectivity index (χ4v) is 3.90. The summed E-state index contributed by atoms with van der Waals surface area (Å²) < 4.78 is 11.8. The summed E-state index contributed by atoms with van der Waals surface area (Å²) in [6, 6.07) is 8.46. The highest BCUT2D eigenvalue weighted by atomic mass is 79.9. The van der Waals surface area contributed by atoms with Gasteiger partial charge in [-0.05, 0) is 72.8 Å². The fourth-order valence-electron chi connectivity index (χ4n) is 3.23.